The molecule has 0 radical (unpaired) electrons. The Kier molecular flexibility index (Phi) is 13.6. The van der Waals surface area contributed by atoms with Crippen molar-refractivity contribution in [3.05, 3.63) is 48.0 Å². The summed E-state index contributed by atoms with van der Waals surface area (Å²) in [5.74, 6) is -1.72. The van der Waals surface area contributed by atoms with E-state index in [1.807, 2.05) is 34.6 Å². The van der Waals surface area contributed by atoms with Crippen molar-refractivity contribution in [2.24, 2.45) is 23.2 Å². The summed E-state index contributed by atoms with van der Waals surface area (Å²) in [7, 11) is 0. The summed E-state index contributed by atoms with van der Waals surface area (Å²) >= 11 is 0. The number of nitrogens with zero attached hydrogens (tertiary/aromatic N) is 2. The number of carbonyl (C=O) groups is 7. The predicted molar refractivity (Wildman–Crippen MR) is 199 cm³/mol. The zero-order valence-electron chi connectivity index (χ0n) is 31.5. The van der Waals surface area contributed by atoms with Gasteiger partial charge in [-0.05, 0) is 54.6 Å². The number of rotatable bonds is 14. The van der Waals surface area contributed by atoms with Gasteiger partial charge in [0.1, 0.15) is 12.1 Å². The Balaban J connectivity index is 1.55. The van der Waals surface area contributed by atoms with E-state index < -0.39 is 70.9 Å². The average Bonchev–Trinajstić information content (AvgIpc) is 3.57. The number of hydrogen-bond donors (Lipinski definition) is 4. The first kappa shape index (κ1) is 40.8. The highest BCUT2D eigenvalue weighted by molar-refractivity contribution is 6.38. The van der Waals surface area contributed by atoms with E-state index >= 15 is 0 Å². The Morgan fingerprint density at radius 1 is 0.981 bits per heavy atom. The van der Waals surface area contributed by atoms with Gasteiger partial charge < -0.3 is 26.2 Å². The van der Waals surface area contributed by atoms with E-state index in [0.29, 0.717) is 24.0 Å². The summed E-state index contributed by atoms with van der Waals surface area (Å²) in [5, 5.41) is 11.1. The molecular formula is C40H54N6O7. The highest BCUT2D eigenvalue weighted by Crippen LogP contribution is 2.34. The molecule has 3 aliphatic rings. The molecule has 286 valence electrons. The molecule has 1 aromatic carbocycles. The number of Topliss-reactive ketones (excluding diaryl/α,β-unsaturated/α-hetero) is 1. The Morgan fingerprint density at radius 2 is 1.60 bits per heavy atom. The highest BCUT2D eigenvalue weighted by atomic mass is 16.2. The van der Waals surface area contributed by atoms with E-state index in [0.717, 1.165) is 24.2 Å². The largest absolute Gasteiger partial charge is 0.346 e. The van der Waals surface area contributed by atoms with Crippen LogP contribution in [0.4, 0.5) is 4.79 Å². The number of likely N-dealkylation sites (tertiary alicyclic amines) is 1. The van der Waals surface area contributed by atoms with Gasteiger partial charge in [-0.2, -0.15) is 0 Å². The molecule has 0 spiro atoms. The molecule has 1 aliphatic carbocycles. The smallest absolute Gasteiger partial charge is 0.315 e. The van der Waals surface area contributed by atoms with Crippen molar-refractivity contribution < 1.29 is 33.6 Å². The topological polar surface area (TPSA) is 174 Å². The number of nitrogens with one attached hydrogen (secondary N) is 4. The minimum atomic E-state index is -1.20. The van der Waals surface area contributed by atoms with Gasteiger partial charge in [-0.1, -0.05) is 72.1 Å². The number of hydrogen-bond acceptors (Lipinski definition) is 7. The van der Waals surface area contributed by atoms with Gasteiger partial charge in [-0.25, -0.2) is 4.79 Å². The van der Waals surface area contributed by atoms with E-state index in [9.17, 15) is 33.6 Å². The minimum Gasteiger partial charge on any atom is -0.346 e. The Bertz CT molecular complexity index is 1600. The minimum absolute atomic E-state index is 0.0370. The van der Waals surface area contributed by atoms with Gasteiger partial charge >= 0.3 is 6.03 Å². The van der Waals surface area contributed by atoms with E-state index in [1.165, 1.54) is 11.0 Å². The van der Waals surface area contributed by atoms with Crippen molar-refractivity contribution in [1.29, 1.82) is 0 Å². The average molecular weight is 731 g/mol. The number of benzene rings is 1. The first-order chi connectivity index (χ1) is 25.1. The summed E-state index contributed by atoms with van der Waals surface area (Å²) in [4.78, 5) is 97.1. The lowest BCUT2D eigenvalue weighted by atomic mass is 9.83. The van der Waals surface area contributed by atoms with Crippen LogP contribution < -0.4 is 21.3 Å². The van der Waals surface area contributed by atoms with E-state index in [2.05, 4.69) is 33.8 Å². The molecule has 4 rings (SSSR count). The Hall–Kier alpha value is -4.99. The van der Waals surface area contributed by atoms with Gasteiger partial charge in [-0.3, -0.25) is 33.7 Å². The predicted octanol–water partition coefficient (Wildman–Crippen LogP) is 3.20. The molecule has 1 unspecified atom stereocenters. The van der Waals surface area contributed by atoms with Crippen molar-refractivity contribution in [3.63, 3.8) is 0 Å². The Morgan fingerprint density at radius 3 is 2.17 bits per heavy atom. The molecule has 0 aromatic heterocycles. The lowest BCUT2D eigenvalue weighted by molar-refractivity contribution is -0.144. The maximum Gasteiger partial charge on any atom is 0.315 e. The summed E-state index contributed by atoms with van der Waals surface area (Å²) in [6.07, 6.45) is 11.2. The quantitative estimate of drug-likeness (QED) is 0.0985. The monoisotopic (exact) mass is 730 g/mol. The van der Waals surface area contributed by atoms with E-state index in [-0.39, 0.29) is 50.2 Å². The molecule has 13 heteroatoms. The molecule has 0 bridgehead atoms. The molecule has 53 heavy (non-hydrogen) atoms. The summed E-state index contributed by atoms with van der Waals surface area (Å²) in [6.45, 7) is 13.2. The third-order valence-corrected chi connectivity index (χ3v) is 10.9. The lowest BCUT2D eigenvalue weighted by Crippen LogP contribution is -2.61. The number of carbonyl (C=O) groups excluding carboxylic acids is 7. The van der Waals surface area contributed by atoms with Crippen LogP contribution in [0.2, 0.25) is 0 Å². The first-order valence-corrected chi connectivity index (χ1v) is 18.6. The lowest BCUT2D eigenvalue weighted by Gasteiger charge is -2.37. The van der Waals surface area contributed by atoms with Gasteiger partial charge in [0.05, 0.1) is 29.8 Å². The fraction of sp³-hybridized carbons (Fsp3) is 0.575. The van der Waals surface area contributed by atoms with Crippen molar-refractivity contribution in [2.75, 3.05) is 19.6 Å². The van der Waals surface area contributed by atoms with Crippen LogP contribution in [0.25, 0.3) is 0 Å². The van der Waals surface area contributed by atoms with Gasteiger partial charge in [0, 0.05) is 19.5 Å². The van der Waals surface area contributed by atoms with Crippen LogP contribution in [0.1, 0.15) is 100 Å². The zero-order valence-corrected chi connectivity index (χ0v) is 31.5. The summed E-state index contributed by atoms with van der Waals surface area (Å²) in [6, 6.07) is 2.17. The third-order valence-electron chi connectivity index (χ3n) is 10.9. The summed E-state index contributed by atoms with van der Waals surface area (Å²) < 4.78 is 0. The third kappa shape index (κ3) is 9.52. The number of ketones is 1. The molecule has 2 heterocycles. The van der Waals surface area contributed by atoms with Gasteiger partial charge in [0.25, 0.3) is 17.7 Å². The SMILES string of the molecule is C#CCCC(NC(=O)[C@@H]1[C@@H](C)[C@@H](C)CN1C(=O)[C@@H](NC(=O)N[C@H](CN1C(=O)c2ccccc2C1=O)C(C)(C)C)C1CCCCC1)C(=O)C(=O)NCC=C. The Labute approximate surface area is 312 Å². The maximum absolute atomic E-state index is 14.6. The van der Waals surface area contributed by atoms with Crippen LogP contribution in [0.15, 0.2) is 36.9 Å². The second-order valence-electron chi connectivity index (χ2n) is 15.6. The van der Waals surface area contributed by atoms with Crippen molar-refractivity contribution in [3.8, 4) is 12.3 Å². The standard InChI is InChI=1S/C40H54N6O7/c1-8-10-20-29(33(47)35(49)41-21-9-2)42-34(48)32-25(4)24(3)22-45(32)38(52)31(26-16-12-11-13-17-26)44-39(53)43-30(40(5,6)7)23-46-36(50)27-18-14-15-19-28(27)37(46)51/h1,9,14-15,18-19,24-26,29-32H,2,10-13,16-17,20-23H2,3-7H3,(H,41,49)(H,42,48)(H2,43,44,53)/t24-,25-,29?,30+,31-,32-/m0/s1. The number of fused-ring (bicyclic) bond motifs is 1. The van der Waals surface area contributed by atoms with Gasteiger partial charge in [0.15, 0.2) is 0 Å². The van der Waals surface area contributed by atoms with E-state index in [4.69, 9.17) is 6.42 Å². The van der Waals surface area contributed by atoms with Crippen LogP contribution >= 0.6 is 0 Å². The molecule has 2 fully saturated rings. The molecule has 7 amide bonds. The van der Waals surface area contributed by atoms with Gasteiger partial charge in [0.2, 0.25) is 17.6 Å². The second kappa shape index (κ2) is 17.7. The molecule has 1 aromatic rings. The van der Waals surface area contributed by atoms with Crippen LogP contribution in [-0.4, -0.2) is 95.0 Å². The van der Waals surface area contributed by atoms with Crippen LogP contribution in [0.3, 0.4) is 0 Å². The molecule has 6 atom stereocenters. The van der Waals surface area contributed by atoms with Crippen LogP contribution in [0.5, 0.6) is 0 Å². The van der Waals surface area contributed by atoms with E-state index in [1.54, 1.807) is 24.3 Å². The van der Waals surface area contributed by atoms with Crippen molar-refractivity contribution >= 4 is 41.4 Å². The van der Waals surface area contributed by atoms with Crippen molar-refractivity contribution in [1.82, 2.24) is 31.1 Å². The molecule has 13 nitrogen and oxygen atoms in total. The molecule has 1 saturated carbocycles. The molecular weight excluding hydrogens is 676 g/mol. The van der Waals surface area contributed by atoms with Crippen LogP contribution in [0, 0.1) is 35.5 Å². The molecule has 1 saturated heterocycles. The fourth-order valence-corrected chi connectivity index (χ4v) is 7.45. The second-order valence-corrected chi connectivity index (χ2v) is 15.6. The summed E-state index contributed by atoms with van der Waals surface area (Å²) in [5.41, 5.74) is 0.0385. The normalized spacial score (nSPS) is 21.8. The first-order valence-electron chi connectivity index (χ1n) is 18.6. The number of urea groups is 1. The number of amides is 7. The zero-order chi connectivity index (χ0) is 39.0. The van der Waals surface area contributed by atoms with Gasteiger partial charge in [-0.15, -0.1) is 18.9 Å². The number of imide groups is 1. The number of terminal acetylenes is 1. The maximum atomic E-state index is 14.6. The van der Waals surface area contributed by atoms with Crippen molar-refractivity contribution in [2.45, 2.75) is 104 Å². The molecule has 4 N–H and O–H groups in total. The fourth-order valence-electron chi connectivity index (χ4n) is 7.45. The highest BCUT2D eigenvalue weighted by Gasteiger charge is 2.48. The molecule has 2 aliphatic heterocycles. The van der Waals surface area contributed by atoms with Crippen LogP contribution in [-0.2, 0) is 19.2 Å².